The standard InChI is InChI=1S/C22H25N5O2/c1-15-12-21(26-19-8-5-7-18(14-19)25-16(2)28)27-22(24-15)23-11-10-17-6-4-9-20(13-17)29-3/h4-9,12-14H,10-11H2,1-3H3,(H,25,28)(H2,23,24,26,27). The molecule has 0 saturated carbocycles. The molecular weight excluding hydrogens is 366 g/mol. The lowest BCUT2D eigenvalue weighted by Gasteiger charge is -2.11. The van der Waals surface area contributed by atoms with Crippen molar-refractivity contribution in [3.63, 3.8) is 0 Å². The van der Waals surface area contributed by atoms with Crippen LogP contribution in [0.3, 0.4) is 0 Å². The summed E-state index contributed by atoms with van der Waals surface area (Å²) in [5.41, 5.74) is 3.59. The molecule has 0 aliphatic carbocycles. The molecule has 0 bridgehead atoms. The van der Waals surface area contributed by atoms with E-state index in [-0.39, 0.29) is 5.91 Å². The molecule has 2 aromatic carbocycles. The number of nitrogens with zero attached hydrogens (tertiary/aromatic N) is 2. The summed E-state index contributed by atoms with van der Waals surface area (Å²) < 4.78 is 5.26. The average molecular weight is 391 g/mol. The Morgan fingerprint density at radius 3 is 2.62 bits per heavy atom. The van der Waals surface area contributed by atoms with Crippen LogP contribution >= 0.6 is 0 Å². The first-order valence-electron chi connectivity index (χ1n) is 9.39. The van der Waals surface area contributed by atoms with E-state index in [9.17, 15) is 4.79 Å². The number of hydrogen-bond acceptors (Lipinski definition) is 6. The van der Waals surface area contributed by atoms with Gasteiger partial charge in [0.25, 0.3) is 0 Å². The lowest BCUT2D eigenvalue weighted by Crippen LogP contribution is -2.10. The maximum absolute atomic E-state index is 11.2. The fourth-order valence-electron chi connectivity index (χ4n) is 2.88. The molecule has 1 heterocycles. The van der Waals surface area contributed by atoms with Gasteiger partial charge in [0.15, 0.2) is 0 Å². The number of carbonyl (C=O) groups is 1. The van der Waals surface area contributed by atoms with Gasteiger partial charge in [0.05, 0.1) is 7.11 Å². The molecule has 0 fully saturated rings. The number of methoxy groups -OCH3 is 1. The van der Waals surface area contributed by atoms with Gasteiger partial charge in [-0.25, -0.2) is 4.98 Å². The first-order valence-corrected chi connectivity index (χ1v) is 9.39. The number of aromatic nitrogens is 2. The molecule has 0 atom stereocenters. The van der Waals surface area contributed by atoms with Crippen LogP contribution in [-0.2, 0) is 11.2 Å². The van der Waals surface area contributed by atoms with Gasteiger partial charge in [0.1, 0.15) is 11.6 Å². The van der Waals surface area contributed by atoms with Gasteiger partial charge in [-0.3, -0.25) is 4.79 Å². The van der Waals surface area contributed by atoms with Crippen molar-refractivity contribution in [3.05, 3.63) is 65.9 Å². The molecule has 1 amide bonds. The van der Waals surface area contributed by atoms with Crippen LogP contribution < -0.4 is 20.7 Å². The third-order valence-corrected chi connectivity index (χ3v) is 4.14. The normalized spacial score (nSPS) is 10.3. The predicted molar refractivity (Wildman–Crippen MR) is 116 cm³/mol. The summed E-state index contributed by atoms with van der Waals surface area (Å²) in [7, 11) is 1.67. The van der Waals surface area contributed by atoms with E-state index in [1.165, 1.54) is 12.5 Å². The van der Waals surface area contributed by atoms with Crippen LogP contribution in [0, 0.1) is 6.92 Å². The monoisotopic (exact) mass is 391 g/mol. The second kappa shape index (κ2) is 9.54. The highest BCUT2D eigenvalue weighted by molar-refractivity contribution is 5.89. The number of hydrogen-bond donors (Lipinski definition) is 3. The largest absolute Gasteiger partial charge is 0.497 e. The van der Waals surface area contributed by atoms with Crippen LogP contribution in [0.15, 0.2) is 54.6 Å². The zero-order valence-electron chi connectivity index (χ0n) is 16.8. The Morgan fingerprint density at radius 1 is 1.03 bits per heavy atom. The van der Waals surface area contributed by atoms with Crippen molar-refractivity contribution < 1.29 is 9.53 Å². The quantitative estimate of drug-likeness (QED) is 0.535. The summed E-state index contributed by atoms with van der Waals surface area (Å²) >= 11 is 0. The molecular formula is C22H25N5O2. The van der Waals surface area contributed by atoms with E-state index in [0.717, 1.165) is 29.2 Å². The minimum atomic E-state index is -0.109. The topological polar surface area (TPSA) is 88.2 Å². The molecule has 0 aliphatic heterocycles. The zero-order valence-corrected chi connectivity index (χ0v) is 16.8. The molecule has 3 rings (SSSR count). The van der Waals surface area contributed by atoms with Gasteiger partial charge in [0, 0.05) is 36.6 Å². The molecule has 3 aromatic rings. The van der Waals surface area contributed by atoms with Crippen LogP contribution in [0.5, 0.6) is 5.75 Å². The number of amides is 1. The summed E-state index contributed by atoms with van der Waals surface area (Å²) in [6.07, 6.45) is 0.829. The molecule has 0 saturated heterocycles. The first kappa shape index (κ1) is 20.1. The van der Waals surface area contributed by atoms with Gasteiger partial charge in [0.2, 0.25) is 11.9 Å². The average Bonchev–Trinajstić information content (AvgIpc) is 2.67. The van der Waals surface area contributed by atoms with E-state index in [2.05, 4.69) is 32.0 Å². The van der Waals surface area contributed by atoms with Crippen molar-refractivity contribution in [2.45, 2.75) is 20.3 Å². The van der Waals surface area contributed by atoms with Gasteiger partial charge in [-0.2, -0.15) is 4.98 Å². The van der Waals surface area contributed by atoms with Crippen molar-refractivity contribution in [2.75, 3.05) is 29.6 Å². The van der Waals surface area contributed by atoms with Crippen molar-refractivity contribution in [1.29, 1.82) is 0 Å². The zero-order chi connectivity index (χ0) is 20.6. The molecule has 150 valence electrons. The molecule has 0 spiro atoms. The number of carbonyl (C=O) groups excluding carboxylic acids is 1. The second-order valence-electron chi connectivity index (χ2n) is 6.63. The van der Waals surface area contributed by atoms with E-state index in [1.54, 1.807) is 7.11 Å². The van der Waals surface area contributed by atoms with Gasteiger partial charge in [-0.1, -0.05) is 18.2 Å². The maximum atomic E-state index is 11.2. The molecule has 0 radical (unpaired) electrons. The molecule has 29 heavy (non-hydrogen) atoms. The van der Waals surface area contributed by atoms with Crippen LogP contribution in [0.25, 0.3) is 0 Å². The Morgan fingerprint density at radius 2 is 1.83 bits per heavy atom. The fourth-order valence-corrected chi connectivity index (χ4v) is 2.88. The smallest absolute Gasteiger partial charge is 0.224 e. The van der Waals surface area contributed by atoms with Crippen molar-refractivity contribution in [2.24, 2.45) is 0 Å². The summed E-state index contributed by atoms with van der Waals surface area (Å²) in [4.78, 5) is 20.2. The summed E-state index contributed by atoms with van der Waals surface area (Å²) in [5.74, 6) is 1.99. The Hall–Kier alpha value is -3.61. The van der Waals surface area contributed by atoms with Crippen LogP contribution in [0.4, 0.5) is 23.1 Å². The van der Waals surface area contributed by atoms with Crippen LogP contribution in [-0.4, -0.2) is 29.5 Å². The highest BCUT2D eigenvalue weighted by Crippen LogP contribution is 2.20. The van der Waals surface area contributed by atoms with Gasteiger partial charge in [-0.05, 0) is 49.2 Å². The van der Waals surface area contributed by atoms with Gasteiger partial charge < -0.3 is 20.7 Å². The van der Waals surface area contributed by atoms with E-state index >= 15 is 0 Å². The summed E-state index contributed by atoms with van der Waals surface area (Å²) in [6, 6.07) is 17.3. The number of ether oxygens (including phenoxy) is 1. The third-order valence-electron chi connectivity index (χ3n) is 4.14. The third kappa shape index (κ3) is 6.21. The van der Waals surface area contributed by atoms with Crippen molar-refractivity contribution >= 4 is 29.0 Å². The maximum Gasteiger partial charge on any atom is 0.224 e. The SMILES string of the molecule is COc1cccc(CCNc2nc(C)cc(Nc3cccc(NC(C)=O)c3)n2)c1. The highest BCUT2D eigenvalue weighted by Gasteiger charge is 2.05. The van der Waals surface area contributed by atoms with Gasteiger partial charge in [-0.15, -0.1) is 0 Å². The minimum Gasteiger partial charge on any atom is -0.497 e. The van der Waals surface area contributed by atoms with E-state index < -0.39 is 0 Å². The lowest BCUT2D eigenvalue weighted by molar-refractivity contribution is -0.114. The number of nitrogens with one attached hydrogen (secondary N) is 3. The second-order valence-corrected chi connectivity index (χ2v) is 6.63. The molecule has 7 nitrogen and oxygen atoms in total. The van der Waals surface area contributed by atoms with Gasteiger partial charge >= 0.3 is 0 Å². The molecule has 0 aliphatic rings. The van der Waals surface area contributed by atoms with Crippen molar-refractivity contribution in [1.82, 2.24) is 9.97 Å². The van der Waals surface area contributed by atoms with E-state index in [4.69, 9.17) is 4.74 Å². The van der Waals surface area contributed by atoms with Crippen molar-refractivity contribution in [3.8, 4) is 5.75 Å². The minimum absolute atomic E-state index is 0.109. The van der Waals surface area contributed by atoms with E-state index in [0.29, 0.717) is 18.3 Å². The number of aryl methyl sites for hydroxylation is 1. The Kier molecular flexibility index (Phi) is 6.63. The Labute approximate surface area is 170 Å². The van der Waals surface area contributed by atoms with Crippen LogP contribution in [0.2, 0.25) is 0 Å². The highest BCUT2D eigenvalue weighted by atomic mass is 16.5. The fraction of sp³-hybridized carbons (Fsp3) is 0.227. The first-order chi connectivity index (χ1) is 14.0. The van der Waals surface area contributed by atoms with E-state index in [1.807, 2.05) is 55.5 Å². The molecule has 0 unspecified atom stereocenters. The lowest BCUT2D eigenvalue weighted by atomic mass is 10.1. The Bertz CT molecular complexity index is 990. The number of rotatable bonds is 8. The molecule has 7 heteroatoms. The molecule has 1 aromatic heterocycles. The predicted octanol–water partition coefficient (Wildman–Crippen LogP) is 4.15. The number of anilines is 4. The summed E-state index contributed by atoms with van der Waals surface area (Å²) in [5, 5.41) is 9.31. The Balaban J connectivity index is 1.64. The number of benzene rings is 2. The summed E-state index contributed by atoms with van der Waals surface area (Å²) in [6.45, 7) is 4.11. The molecule has 3 N–H and O–H groups in total. The van der Waals surface area contributed by atoms with Crippen LogP contribution in [0.1, 0.15) is 18.2 Å².